The summed E-state index contributed by atoms with van der Waals surface area (Å²) < 4.78 is 27.5. The molecule has 1 unspecified atom stereocenters. The lowest BCUT2D eigenvalue weighted by Gasteiger charge is -2.23. The maximum absolute atomic E-state index is 13.8. The number of rotatable bonds is 3. The van der Waals surface area contributed by atoms with Gasteiger partial charge in [0, 0.05) is 17.8 Å². The van der Waals surface area contributed by atoms with Gasteiger partial charge in [-0.2, -0.15) is 0 Å². The van der Waals surface area contributed by atoms with Crippen LogP contribution in [0, 0.1) is 11.6 Å². The van der Waals surface area contributed by atoms with Gasteiger partial charge in [-0.05, 0) is 37.1 Å². The summed E-state index contributed by atoms with van der Waals surface area (Å²) in [6.07, 6.45) is 2.14. The Hall–Kier alpha value is -3.35. The van der Waals surface area contributed by atoms with E-state index in [4.69, 9.17) is 0 Å². The highest BCUT2D eigenvalue weighted by Gasteiger charge is 2.28. The van der Waals surface area contributed by atoms with E-state index < -0.39 is 23.2 Å². The van der Waals surface area contributed by atoms with E-state index in [1.54, 1.807) is 0 Å². The van der Waals surface area contributed by atoms with Crippen molar-refractivity contribution in [3.63, 3.8) is 0 Å². The number of benzene rings is 2. The van der Waals surface area contributed by atoms with Crippen molar-refractivity contribution in [1.29, 1.82) is 0 Å². The van der Waals surface area contributed by atoms with Gasteiger partial charge in [-0.1, -0.05) is 24.3 Å². The van der Waals surface area contributed by atoms with Crippen LogP contribution in [0.1, 0.15) is 23.0 Å². The zero-order valence-electron chi connectivity index (χ0n) is 14.5. The average molecular weight is 366 g/mol. The molecule has 0 saturated carbocycles. The Morgan fingerprint density at radius 3 is 2.63 bits per heavy atom. The molecular formula is C20H16F2N4O. The van der Waals surface area contributed by atoms with E-state index in [-0.39, 0.29) is 11.7 Å². The van der Waals surface area contributed by atoms with Gasteiger partial charge >= 0.3 is 0 Å². The summed E-state index contributed by atoms with van der Waals surface area (Å²) in [4.78, 5) is 22.7. The van der Waals surface area contributed by atoms with Crippen molar-refractivity contribution in [2.75, 3.05) is 10.2 Å². The van der Waals surface area contributed by atoms with Crippen molar-refractivity contribution in [3.05, 3.63) is 77.8 Å². The maximum atomic E-state index is 13.8. The number of fused-ring (bicyclic) bond motifs is 1. The third-order valence-electron chi connectivity index (χ3n) is 4.54. The average Bonchev–Trinajstić information content (AvgIpc) is 3.00. The Bertz CT molecular complexity index is 1000. The minimum absolute atomic E-state index is 0.0271. The van der Waals surface area contributed by atoms with E-state index >= 15 is 0 Å². The van der Waals surface area contributed by atoms with Crippen LogP contribution in [-0.4, -0.2) is 21.9 Å². The van der Waals surface area contributed by atoms with Gasteiger partial charge in [0.25, 0.3) is 5.91 Å². The topological polar surface area (TPSA) is 58.1 Å². The van der Waals surface area contributed by atoms with Crippen LogP contribution in [0.5, 0.6) is 0 Å². The van der Waals surface area contributed by atoms with Crippen LogP contribution in [0.15, 0.2) is 54.9 Å². The van der Waals surface area contributed by atoms with Crippen LogP contribution in [0.25, 0.3) is 0 Å². The van der Waals surface area contributed by atoms with Crippen LogP contribution in [0.4, 0.5) is 26.0 Å². The highest BCUT2D eigenvalue weighted by molar-refractivity contribution is 6.03. The number of nitrogens with one attached hydrogen (secondary N) is 1. The van der Waals surface area contributed by atoms with E-state index in [1.807, 2.05) is 23.1 Å². The quantitative estimate of drug-likeness (QED) is 0.759. The predicted octanol–water partition coefficient (Wildman–Crippen LogP) is 4.09. The maximum Gasteiger partial charge on any atom is 0.274 e. The molecule has 1 atom stereocenters. The molecule has 1 amide bonds. The lowest BCUT2D eigenvalue weighted by molar-refractivity contribution is 0.102. The number of hydrogen-bond acceptors (Lipinski definition) is 4. The summed E-state index contributed by atoms with van der Waals surface area (Å²) in [7, 11) is 0. The Morgan fingerprint density at radius 1 is 1.11 bits per heavy atom. The summed E-state index contributed by atoms with van der Waals surface area (Å²) >= 11 is 0. The molecule has 4 rings (SSSR count). The SMILES string of the molecule is CC1Cc2ccccc2N1c1cc(C(=O)Nc2c(F)cccc2F)ncn1. The second-order valence-electron chi connectivity index (χ2n) is 6.36. The second-order valence-corrected chi connectivity index (χ2v) is 6.36. The van der Waals surface area contributed by atoms with Crippen LogP contribution in [0.2, 0.25) is 0 Å². The van der Waals surface area contributed by atoms with Gasteiger partial charge in [0.1, 0.15) is 35.2 Å². The zero-order chi connectivity index (χ0) is 19.0. The third-order valence-corrected chi connectivity index (χ3v) is 4.54. The molecule has 1 aliphatic rings. The number of nitrogens with zero attached hydrogens (tertiary/aromatic N) is 3. The molecule has 0 saturated heterocycles. The van der Waals surface area contributed by atoms with Gasteiger partial charge in [-0.25, -0.2) is 18.7 Å². The number of anilines is 3. The van der Waals surface area contributed by atoms with Crippen molar-refractivity contribution in [3.8, 4) is 0 Å². The molecular weight excluding hydrogens is 350 g/mol. The van der Waals surface area contributed by atoms with Crippen LogP contribution in [0.3, 0.4) is 0 Å². The first-order chi connectivity index (χ1) is 13.0. The molecule has 27 heavy (non-hydrogen) atoms. The van der Waals surface area contributed by atoms with Crippen LogP contribution < -0.4 is 10.2 Å². The van der Waals surface area contributed by atoms with Crippen molar-refractivity contribution in [1.82, 2.24) is 9.97 Å². The standard InChI is InChI=1S/C20H16F2N4O/c1-12-9-13-5-2-3-8-17(13)26(12)18-10-16(23-11-24-18)20(27)25-19-14(21)6-4-7-15(19)22/h2-8,10-12H,9H2,1H3,(H,25,27). The Balaban J connectivity index is 1.64. The number of carbonyl (C=O) groups is 1. The van der Waals surface area contributed by atoms with E-state index in [0.717, 1.165) is 24.2 Å². The van der Waals surface area contributed by atoms with E-state index in [2.05, 4.69) is 28.3 Å². The largest absolute Gasteiger partial charge is 0.323 e. The van der Waals surface area contributed by atoms with Gasteiger partial charge in [0.15, 0.2) is 0 Å². The number of hydrogen-bond donors (Lipinski definition) is 1. The molecule has 1 aromatic heterocycles. The normalized spacial score (nSPS) is 15.5. The van der Waals surface area contributed by atoms with Gasteiger partial charge in [-0.3, -0.25) is 4.79 Å². The minimum Gasteiger partial charge on any atom is -0.323 e. The van der Waals surface area contributed by atoms with Crippen LogP contribution >= 0.6 is 0 Å². The predicted molar refractivity (Wildman–Crippen MR) is 98.1 cm³/mol. The fraction of sp³-hybridized carbons (Fsp3) is 0.150. The lowest BCUT2D eigenvalue weighted by atomic mass is 10.1. The molecule has 1 aliphatic heterocycles. The fourth-order valence-corrected chi connectivity index (χ4v) is 3.31. The molecule has 0 bridgehead atoms. The van der Waals surface area contributed by atoms with Gasteiger partial charge in [0.05, 0.1) is 0 Å². The molecule has 0 spiro atoms. The summed E-state index contributed by atoms with van der Waals surface area (Å²) in [6, 6.07) is 13.0. The monoisotopic (exact) mass is 366 g/mol. The molecule has 2 heterocycles. The van der Waals surface area contributed by atoms with Crippen molar-refractivity contribution < 1.29 is 13.6 Å². The molecule has 136 valence electrons. The smallest absolute Gasteiger partial charge is 0.274 e. The summed E-state index contributed by atoms with van der Waals surface area (Å²) in [5, 5.41) is 2.25. The highest BCUT2D eigenvalue weighted by atomic mass is 19.1. The van der Waals surface area contributed by atoms with E-state index in [1.165, 1.54) is 24.0 Å². The molecule has 0 radical (unpaired) electrons. The van der Waals surface area contributed by atoms with Gasteiger partial charge < -0.3 is 10.2 Å². The number of carbonyl (C=O) groups excluding carboxylic acids is 1. The molecule has 1 N–H and O–H groups in total. The van der Waals surface area contributed by atoms with Crippen molar-refractivity contribution >= 4 is 23.1 Å². The van der Waals surface area contributed by atoms with E-state index in [0.29, 0.717) is 5.82 Å². The first-order valence-corrected chi connectivity index (χ1v) is 8.49. The third kappa shape index (κ3) is 3.12. The lowest BCUT2D eigenvalue weighted by Crippen LogP contribution is -2.25. The van der Waals surface area contributed by atoms with Gasteiger partial charge in [-0.15, -0.1) is 0 Å². The molecule has 7 heteroatoms. The summed E-state index contributed by atoms with van der Waals surface area (Å²) in [6.45, 7) is 2.07. The zero-order valence-corrected chi connectivity index (χ0v) is 14.5. The van der Waals surface area contributed by atoms with Crippen molar-refractivity contribution in [2.24, 2.45) is 0 Å². The highest BCUT2D eigenvalue weighted by Crippen LogP contribution is 2.37. The number of amides is 1. The molecule has 2 aromatic carbocycles. The number of aromatic nitrogens is 2. The molecule has 5 nitrogen and oxygen atoms in total. The Labute approximate surface area is 154 Å². The Kier molecular flexibility index (Phi) is 4.27. The summed E-state index contributed by atoms with van der Waals surface area (Å²) in [5.74, 6) is -1.84. The molecule has 0 aliphatic carbocycles. The van der Waals surface area contributed by atoms with Crippen LogP contribution in [-0.2, 0) is 6.42 Å². The fourth-order valence-electron chi connectivity index (χ4n) is 3.31. The minimum atomic E-state index is -0.847. The second kappa shape index (κ2) is 6.75. The first-order valence-electron chi connectivity index (χ1n) is 8.49. The molecule has 3 aromatic rings. The summed E-state index contributed by atoms with van der Waals surface area (Å²) in [5.41, 5.74) is 1.75. The van der Waals surface area contributed by atoms with Gasteiger partial charge in [0.2, 0.25) is 0 Å². The number of para-hydroxylation sites is 2. The first kappa shape index (κ1) is 17.1. The molecule has 0 fully saturated rings. The Morgan fingerprint density at radius 2 is 1.85 bits per heavy atom. The number of halogens is 2. The van der Waals surface area contributed by atoms with Crippen molar-refractivity contribution in [2.45, 2.75) is 19.4 Å². The van der Waals surface area contributed by atoms with E-state index in [9.17, 15) is 13.6 Å².